The number of benzene rings is 1. The average molecular weight is 336 g/mol. The van der Waals surface area contributed by atoms with Crippen molar-refractivity contribution in [1.29, 1.82) is 0 Å². The summed E-state index contributed by atoms with van der Waals surface area (Å²) in [6.07, 6.45) is 6.15. The summed E-state index contributed by atoms with van der Waals surface area (Å²) in [5, 5.41) is 0.258. The summed E-state index contributed by atoms with van der Waals surface area (Å²) in [7, 11) is 1.30. The van der Waals surface area contributed by atoms with Gasteiger partial charge in [0.05, 0.1) is 12.5 Å². The van der Waals surface area contributed by atoms with Crippen LogP contribution in [0.1, 0.15) is 27.9 Å². The van der Waals surface area contributed by atoms with E-state index < -0.39 is 11.3 Å². The fourth-order valence-electron chi connectivity index (χ4n) is 3.18. The van der Waals surface area contributed by atoms with Crippen molar-refractivity contribution in [2.75, 3.05) is 7.11 Å². The summed E-state index contributed by atoms with van der Waals surface area (Å²) in [6, 6.07) is 6.23. The highest BCUT2D eigenvalue weighted by molar-refractivity contribution is 5.96. The molecule has 7 heteroatoms. The zero-order valence-corrected chi connectivity index (χ0v) is 13.6. The molecule has 2 heterocycles. The van der Waals surface area contributed by atoms with Crippen LogP contribution in [0, 0.1) is 0 Å². The SMILES string of the molecule is CONC(=O)c1c[nH]c2nc(-c3ccc4c(c3)CCC4)ncc2c1=O. The number of aromatic amines is 1. The molecule has 2 aromatic heterocycles. The number of pyridine rings is 1. The molecule has 1 aromatic carbocycles. The van der Waals surface area contributed by atoms with E-state index in [1.165, 1.54) is 37.1 Å². The van der Waals surface area contributed by atoms with Crippen molar-refractivity contribution in [2.45, 2.75) is 19.3 Å². The molecule has 3 aromatic rings. The van der Waals surface area contributed by atoms with Crippen LogP contribution in [0.3, 0.4) is 0 Å². The first-order valence-electron chi connectivity index (χ1n) is 8.01. The molecule has 25 heavy (non-hydrogen) atoms. The molecule has 0 fully saturated rings. The van der Waals surface area contributed by atoms with Crippen LogP contribution in [0.2, 0.25) is 0 Å². The predicted molar refractivity (Wildman–Crippen MR) is 92.1 cm³/mol. The van der Waals surface area contributed by atoms with Gasteiger partial charge in [-0.25, -0.2) is 15.4 Å². The number of hydrogen-bond donors (Lipinski definition) is 2. The molecule has 0 saturated heterocycles. The van der Waals surface area contributed by atoms with Crippen LogP contribution in [-0.4, -0.2) is 28.0 Å². The quantitative estimate of drug-likeness (QED) is 0.711. The van der Waals surface area contributed by atoms with Crippen LogP contribution in [-0.2, 0) is 17.7 Å². The summed E-state index contributed by atoms with van der Waals surface area (Å²) in [6.45, 7) is 0. The Morgan fingerprint density at radius 3 is 2.96 bits per heavy atom. The van der Waals surface area contributed by atoms with E-state index in [1.807, 2.05) is 6.07 Å². The molecule has 1 amide bonds. The van der Waals surface area contributed by atoms with Gasteiger partial charge in [0.1, 0.15) is 11.2 Å². The number of H-pyrrole nitrogens is 1. The summed E-state index contributed by atoms with van der Waals surface area (Å²) in [4.78, 5) is 40.5. The number of amides is 1. The second-order valence-electron chi connectivity index (χ2n) is 5.96. The Balaban J connectivity index is 1.77. The van der Waals surface area contributed by atoms with E-state index in [4.69, 9.17) is 0 Å². The number of carbonyl (C=O) groups excluding carboxylic acids is 1. The maximum absolute atomic E-state index is 12.4. The molecule has 0 saturated carbocycles. The van der Waals surface area contributed by atoms with Gasteiger partial charge < -0.3 is 4.98 Å². The van der Waals surface area contributed by atoms with Crippen molar-refractivity contribution in [3.8, 4) is 11.4 Å². The third-order valence-corrected chi connectivity index (χ3v) is 4.43. The van der Waals surface area contributed by atoms with Gasteiger partial charge in [-0.05, 0) is 36.5 Å². The van der Waals surface area contributed by atoms with Crippen molar-refractivity contribution >= 4 is 16.9 Å². The van der Waals surface area contributed by atoms with Gasteiger partial charge in [0.25, 0.3) is 5.91 Å². The van der Waals surface area contributed by atoms with Gasteiger partial charge in [0.2, 0.25) is 5.43 Å². The van der Waals surface area contributed by atoms with Crippen LogP contribution in [0.4, 0.5) is 0 Å². The number of fused-ring (bicyclic) bond motifs is 2. The highest BCUT2D eigenvalue weighted by Crippen LogP contribution is 2.26. The molecule has 1 aliphatic carbocycles. The van der Waals surface area contributed by atoms with E-state index >= 15 is 0 Å². The Morgan fingerprint density at radius 2 is 2.12 bits per heavy atom. The molecule has 0 atom stereocenters. The molecule has 7 nitrogen and oxygen atoms in total. The minimum atomic E-state index is -0.617. The minimum Gasteiger partial charge on any atom is -0.345 e. The normalized spacial score (nSPS) is 13.0. The Morgan fingerprint density at radius 1 is 1.28 bits per heavy atom. The number of hydrogen-bond acceptors (Lipinski definition) is 5. The summed E-state index contributed by atoms with van der Waals surface area (Å²) in [5.74, 6) is -0.0692. The Hall–Kier alpha value is -3.06. The van der Waals surface area contributed by atoms with Gasteiger partial charge in [-0.1, -0.05) is 12.1 Å². The highest BCUT2D eigenvalue weighted by Gasteiger charge is 2.16. The third-order valence-electron chi connectivity index (χ3n) is 4.43. The number of hydroxylamine groups is 1. The zero-order chi connectivity index (χ0) is 17.4. The van der Waals surface area contributed by atoms with Crippen LogP contribution < -0.4 is 10.9 Å². The number of carbonyl (C=O) groups is 1. The lowest BCUT2D eigenvalue weighted by Crippen LogP contribution is -2.28. The molecule has 126 valence electrons. The maximum Gasteiger partial charge on any atom is 0.280 e. The van der Waals surface area contributed by atoms with Gasteiger partial charge in [-0.3, -0.25) is 14.4 Å². The monoisotopic (exact) mass is 336 g/mol. The Kier molecular flexibility index (Phi) is 3.77. The van der Waals surface area contributed by atoms with Gasteiger partial charge >= 0.3 is 0 Å². The Labute approximate surface area is 143 Å². The summed E-state index contributed by atoms with van der Waals surface area (Å²) in [5.41, 5.74) is 5.66. The first-order valence-corrected chi connectivity index (χ1v) is 8.01. The average Bonchev–Trinajstić information content (AvgIpc) is 3.09. The molecule has 0 radical (unpaired) electrons. The first kappa shape index (κ1) is 15.5. The van der Waals surface area contributed by atoms with Crippen LogP contribution in [0.25, 0.3) is 22.4 Å². The number of rotatable bonds is 3. The second kappa shape index (κ2) is 6.10. The molecule has 0 aliphatic heterocycles. The van der Waals surface area contributed by atoms with E-state index in [-0.39, 0.29) is 10.9 Å². The highest BCUT2D eigenvalue weighted by atomic mass is 16.6. The van der Waals surface area contributed by atoms with Crippen LogP contribution in [0.5, 0.6) is 0 Å². The number of nitrogens with zero attached hydrogens (tertiary/aromatic N) is 2. The molecule has 4 rings (SSSR count). The summed E-state index contributed by atoms with van der Waals surface area (Å²) >= 11 is 0. The lowest BCUT2D eigenvalue weighted by atomic mass is 10.1. The number of aryl methyl sites for hydroxylation is 2. The van der Waals surface area contributed by atoms with E-state index in [0.29, 0.717) is 11.5 Å². The van der Waals surface area contributed by atoms with Crippen molar-refractivity contribution in [3.63, 3.8) is 0 Å². The fourth-order valence-corrected chi connectivity index (χ4v) is 3.18. The van der Waals surface area contributed by atoms with E-state index in [0.717, 1.165) is 18.4 Å². The van der Waals surface area contributed by atoms with E-state index in [1.54, 1.807) is 0 Å². The van der Waals surface area contributed by atoms with Crippen LogP contribution in [0.15, 0.2) is 35.4 Å². The second-order valence-corrected chi connectivity index (χ2v) is 5.96. The fraction of sp³-hybridized carbons (Fsp3) is 0.222. The van der Waals surface area contributed by atoms with Crippen molar-refractivity contribution in [3.05, 3.63) is 57.5 Å². The van der Waals surface area contributed by atoms with Gasteiger partial charge in [-0.2, -0.15) is 0 Å². The Bertz CT molecular complexity index is 1040. The van der Waals surface area contributed by atoms with Gasteiger partial charge in [-0.15, -0.1) is 0 Å². The van der Waals surface area contributed by atoms with Crippen molar-refractivity contribution in [1.82, 2.24) is 20.4 Å². The van der Waals surface area contributed by atoms with E-state index in [9.17, 15) is 9.59 Å². The standard InChI is InChI=1S/C18H16N4O3/c1-25-22-18(24)14-9-20-17-13(15(14)23)8-19-16(21-17)12-6-5-10-3-2-4-11(10)7-12/h5-9H,2-4H2,1H3,(H,22,24)(H,19,20,21,23). The predicted octanol–water partition coefficient (Wildman–Crippen LogP) is 1.77. The molecular formula is C18H16N4O3. The lowest BCUT2D eigenvalue weighted by Gasteiger charge is -2.06. The smallest absolute Gasteiger partial charge is 0.280 e. The lowest BCUT2D eigenvalue weighted by molar-refractivity contribution is 0.0536. The largest absolute Gasteiger partial charge is 0.345 e. The molecular weight excluding hydrogens is 320 g/mol. The van der Waals surface area contributed by atoms with Crippen LogP contribution >= 0.6 is 0 Å². The van der Waals surface area contributed by atoms with Gasteiger partial charge in [0, 0.05) is 18.0 Å². The molecule has 0 unspecified atom stereocenters. The minimum absolute atomic E-state index is 0.0526. The zero-order valence-electron chi connectivity index (χ0n) is 13.6. The topological polar surface area (TPSA) is 97.0 Å². The molecule has 1 aliphatic rings. The maximum atomic E-state index is 12.4. The molecule has 0 spiro atoms. The summed E-state index contributed by atoms with van der Waals surface area (Å²) < 4.78 is 0. The third kappa shape index (κ3) is 2.68. The van der Waals surface area contributed by atoms with Crippen molar-refractivity contribution in [2.24, 2.45) is 0 Å². The van der Waals surface area contributed by atoms with E-state index in [2.05, 4.69) is 37.4 Å². The number of nitrogens with one attached hydrogen (secondary N) is 2. The molecule has 2 N–H and O–H groups in total. The molecule has 0 bridgehead atoms. The first-order chi connectivity index (χ1) is 12.2. The number of aromatic nitrogens is 3. The van der Waals surface area contributed by atoms with Crippen molar-refractivity contribution < 1.29 is 9.63 Å². The van der Waals surface area contributed by atoms with Gasteiger partial charge in [0.15, 0.2) is 5.82 Å².